The number of carbonyl (C=O) groups is 1. The van der Waals surface area contributed by atoms with Crippen LogP contribution in [0.5, 0.6) is 5.75 Å². The molecule has 4 heteroatoms. The third kappa shape index (κ3) is 5.00. The summed E-state index contributed by atoms with van der Waals surface area (Å²) in [7, 11) is 0. The van der Waals surface area contributed by atoms with Crippen molar-refractivity contribution in [2.24, 2.45) is 0 Å². The molecule has 0 fully saturated rings. The van der Waals surface area contributed by atoms with Gasteiger partial charge in [0.1, 0.15) is 5.75 Å². The van der Waals surface area contributed by atoms with Crippen molar-refractivity contribution >= 4 is 23.2 Å². The van der Waals surface area contributed by atoms with Crippen molar-refractivity contribution in [1.82, 2.24) is 0 Å². The molecule has 1 N–H and O–H groups in total. The Labute approximate surface area is 149 Å². The zero-order chi connectivity index (χ0) is 17.4. The van der Waals surface area contributed by atoms with Gasteiger partial charge in [0.25, 0.3) is 5.91 Å². The van der Waals surface area contributed by atoms with Crippen LogP contribution < -0.4 is 10.1 Å². The van der Waals surface area contributed by atoms with E-state index in [4.69, 9.17) is 16.3 Å². The van der Waals surface area contributed by atoms with Gasteiger partial charge >= 0.3 is 0 Å². The largest absolute Gasteiger partial charge is 0.493 e. The fraction of sp³-hybridized carbons (Fsp3) is 0.350. The molecular formula is C20H24ClNO2. The average molecular weight is 346 g/mol. The zero-order valence-corrected chi connectivity index (χ0v) is 15.0. The number of unbranched alkanes of at least 4 members (excludes halogenated alkanes) is 3. The van der Waals surface area contributed by atoms with E-state index in [-0.39, 0.29) is 5.91 Å². The second-order valence-corrected chi connectivity index (χ2v) is 6.18. The van der Waals surface area contributed by atoms with Gasteiger partial charge in [0.2, 0.25) is 0 Å². The van der Waals surface area contributed by atoms with Gasteiger partial charge in [-0.3, -0.25) is 4.79 Å². The quantitative estimate of drug-likeness (QED) is 0.608. The first-order valence-electron chi connectivity index (χ1n) is 8.41. The lowest BCUT2D eigenvalue weighted by molar-refractivity contribution is 0.102. The summed E-state index contributed by atoms with van der Waals surface area (Å²) in [6, 6.07) is 12.8. The summed E-state index contributed by atoms with van der Waals surface area (Å²) in [5.41, 5.74) is 2.10. The Morgan fingerprint density at radius 3 is 2.67 bits per heavy atom. The average Bonchev–Trinajstić information content (AvgIpc) is 2.59. The van der Waals surface area contributed by atoms with E-state index in [0.717, 1.165) is 18.4 Å². The highest BCUT2D eigenvalue weighted by molar-refractivity contribution is 6.31. The number of benzene rings is 2. The number of nitrogens with one attached hydrogen (secondary N) is 1. The third-order valence-electron chi connectivity index (χ3n) is 3.90. The number of para-hydroxylation sites is 1. The molecule has 24 heavy (non-hydrogen) atoms. The SMILES string of the molecule is CCCCCCOc1ccccc1C(=O)Nc1cccc(Cl)c1C. The first-order valence-corrected chi connectivity index (χ1v) is 8.79. The van der Waals surface area contributed by atoms with Crippen LogP contribution in [0.25, 0.3) is 0 Å². The fourth-order valence-electron chi connectivity index (χ4n) is 2.42. The van der Waals surface area contributed by atoms with E-state index in [9.17, 15) is 4.79 Å². The van der Waals surface area contributed by atoms with E-state index >= 15 is 0 Å². The van der Waals surface area contributed by atoms with Crippen LogP contribution in [0, 0.1) is 6.92 Å². The molecule has 128 valence electrons. The lowest BCUT2D eigenvalue weighted by Gasteiger charge is -2.13. The summed E-state index contributed by atoms with van der Waals surface area (Å²) in [5.74, 6) is 0.427. The lowest BCUT2D eigenvalue weighted by atomic mass is 10.1. The molecule has 0 aliphatic heterocycles. The zero-order valence-electron chi connectivity index (χ0n) is 14.3. The number of rotatable bonds is 8. The molecular weight excluding hydrogens is 322 g/mol. The normalized spacial score (nSPS) is 10.5. The Kier molecular flexibility index (Phi) is 7.13. The van der Waals surface area contributed by atoms with Crippen LogP contribution in [0.3, 0.4) is 0 Å². The molecule has 0 saturated carbocycles. The van der Waals surface area contributed by atoms with Gasteiger partial charge in [-0.2, -0.15) is 0 Å². The lowest BCUT2D eigenvalue weighted by Crippen LogP contribution is -2.14. The summed E-state index contributed by atoms with van der Waals surface area (Å²) >= 11 is 6.11. The fourth-order valence-corrected chi connectivity index (χ4v) is 2.60. The van der Waals surface area contributed by atoms with Gasteiger partial charge in [0.05, 0.1) is 12.2 Å². The van der Waals surface area contributed by atoms with Crippen LogP contribution in [0.2, 0.25) is 5.02 Å². The minimum Gasteiger partial charge on any atom is -0.493 e. The van der Waals surface area contributed by atoms with Crippen molar-refractivity contribution in [3.8, 4) is 5.75 Å². The Balaban J connectivity index is 2.05. The molecule has 0 saturated heterocycles. The highest BCUT2D eigenvalue weighted by Crippen LogP contribution is 2.25. The van der Waals surface area contributed by atoms with Crippen molar-refractivity contribution in [3.05, 3.63) is 58.6 Å². The topological polar surface area (TPSA) is 38.3 Å². The minimum atomic E-state index is -0.190. The highest BCUT2D eigenvalue weighted by atomic mass is 35.5. The molecule has 2 aromatic rings. The first kappa shape index (κ1) is 18.3. The maximum Gasteiger partial charge on any atom is 0.259 e. The molecule has 0 aliphatic rings. The highest BCUT2D eigenvalue weighted by Gasteiger charge is 2.13. The van der Waals surface area contributed by atoms with Gasteiger partial charge in [-0.25, -0.2) is 0 Å². The van der Waals surface area contributed by atoms with Crippen LogP contribution in [-0.4, -0.2) is 12.5 Å². The van der Waals surface area contributed by atoms with Crippen LogP contribution in [0.1, 0.15) is 48.5 Å². The molecule has 0 spiro atoms. The molecule has 0 bridgehead atoms. The molecule has 3 nitrogen and oxygen atoms in total. The van der Waals surface area contributed by atoms with Crippen molar-refractivity contribution in [3.63, 3.8) is 0 Å². The summed E-state index contributed by atoms with van der Waals surface area (Å²) in [5, 5.41) is 3.55. The van der Waals surface area contributed by atoms with Gasteiger partial charge in [-0.1, -0.05) is 56.0 Å². The van der Waals surface area contributed by atoms with Crippen molar-refractivity contribution in [2.45, 2.75) is 39.5 Å². The van der Waals surface area contributed by atoms with Crippen LogP contribution >= 0.6 is 11.6 Å². The van der Waals surface area contributed by atoms with Gasteiger partial charge in [0, 0.05) is 10.7 Å². The summed E-state index contributed by atoms with van der Waals surface area (Å²) in [6.45, 7) is 4.69. The Morgan fingerprint density at radius 2 is 1.88 bits per heavy atom. The number of amides is 1. The summed E-state index contributed by atoms with van der Waals surface area (Å²) in [4.78, 5) is 12.6. The van der Waals surface area contributed by atoms with Crippen LogP contribution in [0.15, 0.2) is 42.5 Å². The van der Waals surface area contributed by atoms with Gasteiger partial charge in [-0.05, 0) is 43.2 Å². The number of ether oxygens (including phenoxy) is 1. The number of carbonyl (C=O) groups excluding carboxylic acids is 1. The molecule has 0 heterocycles. The minimum absolute atomic E-state index is 0.190. The standard InChI is InChI=1S/C20H24ClNO2/c1-3-4-5-8-14-24-19-13-7-6-10-16(19)20(23)22-18-12-9-11-17(21)15(18)2/h6-7,9-13H,3-5,8,14H2,1-2H3,(H,22,23). The van der Waals surface area contributed by atoms with Crippen molar-refractivity contribution in [2.75, 3.05) is 11.9 Å². The van der Waals surface area contributed by atoms with Gasteiger partial charge in [0.15, 0.2) is 0 Å². The molecule has 0 unspecified atom stereocenters. The summed E-state index contributed by atoms with van der Waals surface area (Å²) < 4.78 is 5.81. The second kappa shape index (κ2) is 9.33. The van der Waals surface area contributed by atoms with E-state index in [1.54, 1.807) is 12.1 Å². The van der Waals surface area contributed by atoms with E-state index in [1.165, 1.54) is 12.8 Å². The first-order chi connectivity index (χ1) is 11.6. The Bertz CT molecular complexity index is 685. The number of anilines is 1. The van der Waals surface area contributed by atoms with Gasteiger partial charge in [-0.15, -0.1) is 0 Å². The molecule has 0 radical (unpaired) electrons. The van der Waals surface area contributed by atoms with E-state index in [0.29, 0.717) is 28.6 Å². The Morgan fingerprint density at radius 1 is 1.08 bits per heavy atom. The third-order valence-corrected chi connectivity index (χ3v) is 4.31. The number of hydrogen-bond donors (Lipinski definition) is 1. The second-order valence-electron chi connectivity index (χ2n) is 5.77. The van der Waals surface area contributed by atoms with Crippen LogP contribution in [0.4, 0.5) is 5.69 Å². The van der Waals surface area contributed by atoms with E-state index in [2.05, 4.69) is 12.2 Å². The molecule has 1 amide bonds. The van der Waals surface area contributed by atoms with E-state index in [1.807, 2.05) is 37.3 Å². The predicted molar refractivity (Wildman–Crippen MR) is 100 cm³/mol. The molecule has 0 aromatic heterocycles. The number of halogens is 1. The van der Waals surface area contributed by atoms with Crippen LogP contribution in [-0.2, 0) is 0 Å². The van der Waals surface area contributed by atoms with Gasteiger partial charge < -0.3 is 10.1 Å². The van der Waals surface area contributed by atoms with Crippen molar-refractivity contribution in [1.29, 1.82) is 0 Å². The smallest absolute Gasteiger partial charge is 0.259 e. The predicted octanol–water partition coefficient (Wildman–Crippen LogP) is 5.86. The molecule has 2 aromatic carbocycles. The maximum atomic E-state index is 12.6. The molecule has 2 rings (SSSR count). The summed E-state index contributed by atoms with van der Waals surface area (Å²) in [6.07, 6.45) is 4.54. The Hall–Kier alpha value is -2.00. The van der Waals surface area contributed by atoms with E-state index < -0.39 is 0 Å². The maximum absolute atomic E-state index is 12.6. The molecule has 0 aliphatic carbocycles. The van der Waals surface area contributed by atoms with Crippen molar-refractivity contribution < 1.29 is 9.53 Å². The molecule has 0 atom stereocenters. The monoisotopic (exact) mass is 345 g/mol. The number of hydrogen-bond acceptors (Lipinski definition) is 2.